The third-order valence-corrected chi connectivity index (χ3v) is 7.13. The Morgan fingerprint density at radius 2 is 1.87 bits per heavy atom. The van der Waals surface area contributed by atoms with Gasteiger partial charge < -0.3 is 20.1 Å². The van der Waals surface area contributed by atoms with Crippen molar-refractivity contribution in [2.45, 2.75) is 20.0 Å². The minimum absolute atomic E-state index is 0.0677. The first-order chi connectivity index (χ1) is 18.3. The number of rotatable bonds is 9. The second-order valence-electron chi connectivity index (χ2n) is 8.39. The lowest BCUT2D eigenvalue weighted by atomic mass is 10.1. The van der Waals surface area contributed by atoms with Gasteiger partial charge in [-0.15, -0.1) is 0 Å². The average Bonchev–Trinajstić information content (AvgIpc) is 3.16. The Balaban J connectivity index is 1.47. The Morgan fingerprint density at radius 1 is 1.13 bits per heavy atom. The van der Waals surface area contributed by atoms with Gasteiger partial charge in [-0.2, -0.15) is 0 Å². The van der Waals surface area contributed by atoms with Crippen molar-refractivity contribution in [2.75, 3.05) is 19.0 Å². The largest absolute Gasteiger partial charge is 0.493 e. The SMILES string of the molecule is CCc1ccccc1NC(=O)CN1C(=O)N/C(=C/c2cc(I)c(OCc3ccc(Br)cc3)c(OC)c2)C1=O. The van der Waals surface area contributed by atoms with Crippen LogP contribution in [0.3, 0.4) is 0 Å². The number of imide groups is 1. The van der Waals surface area contributed by atoms with Crippen LogP contribution >= 0.6 is 38.5 Å². The quantitative estimate of drug-likeness (QED) is 0.170. The van der Waals surface area contributed by atoms with Crippen LogP contribution in [0.4, 0.5) is 10.5 Å². The normalized spacial score (nSPS) is 14.0. The van der Waals surface area contributed by atoms with Crippen molar-refractivity contribution in [2.24, 2.45) is 0 Å². The molecule has 1 aliphatic heterocycles. The van der Waals surface area contributed by atoms with E-state index in [1.807, 2.05) is 55.5 Å². The van der Waals surface area contributed by atoms with Crippen molar-refractivity contribution in [3.05, 3.63) is 91.1 Å². The molecule has 0 radical (unpaired) electrons. The Bertz CT molecular complexity index is 1410. The number of amides is 4. The van der Waals surface area contributed by atoms with Crippen LogP contribution in [0.2, 0.25) is 0 Å². The summed E-state index contributed by atoms with van der Waals surface area (Å²) in [6, 6.07) is 18.1. The molecule has 3 aromatic rings. The lowest BCUT2D eigenvalue weighted by Gasteiger charge is -2.14. The molecule has 0 bridgehead atoms. The van der Waals surface area contributed by atoms with Gasteiger partial charge in [0.25, 0.3) is 5.91 Å². The fourth-order valence-electron chi connectivity index (χ4n) is 3.87. The summed E-state index contributed by atoms with van der Waals surface area (Å²) in [4.78, 5) is 38.9. The molecule has 0 saturated carbocycles. The Morgan fingerprint density at radius 3 is 2.58 bits per heavy atom. The summed E-state index contributed by atoms with van der Waals surface area (Å²) >= 11 is 5.56. The molecule has 1 saturated heterocycles. The lowest BCUT2D eigenvalue weighted by Crippen LogP contribution is -2.38. The number of carbonyl (C=O) groups is 3. The van der Waals surface area contributed by atoms with Crippen LogP contribution in [0.5, 0.6) is 11.5 Å². The molecular formula is C28H25BrIN3O5. The van der Waals surface area contributed by atoms with E-state index < -0.39 is 24.4 Å². The van der Waals surface area contributed by atoms with Gasteiger partial charge in [-0.05, 0) is 82.1 Å². The van der Waals surface area contributed by atoms with Crippen molar-refractivity contribution in [1.29, 1.82) is 0 Å². The van der Waals surface area contributed by atoms with Gasteiger partial charge in [0.05, 0.1) is 10.7 Å². The van der Waals surface area contributed by atoms with Crippen molar-refractivity contribution >= 4 is 68.1 Å². The zero-order valence-corrected chi connectivity index (χ0v) is 24.5. The number of hydrogen-bond acceptors (Lipinski definition) is 5. The number of anilines is 1. The Hall–Kier alpha value is -3.38. The summed E-state index contributed by atoms with van der Waals surface area (Å²) in [5.74, 6) is 0.0201. The predicted octanol–water partition coefficient (Wildman–Crippen LogP) is 5.74. The van der Waals surface area contributed by atoms with E-state index in [1.54, 1.807) is 18.2 Å². The van der Waals surface area contributed by atoms with Crippen LogP contribution in [-0.4, -0.2) is 36.4 Å². The van der Waals surface area contributed by atoms with Gasteiger partial charge in [-0.3, -0.25) is 9.59 Å². The van der Waals surface area contributed by atoms with Gasteiger partial charge in [0.2, 0.25) is 5.91 Å². The number of nitrogens with zero attached hydrogens (tertiary/aromatic N) is 1. The maximum absolute atomic E-state index is 13.0. The maximum Gasteiger partial charge on any atom is 0.329 e. The number of nitrogens with one attached hydrogen (secondary N) is 2. The molecule has 0 atom stereocenters. The van der Waals surface area contributed by atoms with Crippen LogP contribution in [0.15, 0.2) is 70.8 Å². The number of aryl methyl sites for hydroxylation is 1. The Labute approximate surface area is 242 Å². The van der Waals surface area contributed by atoms with Crippen LogP contribution in [0, 0.1) is 3.57 Å². The first kappa shape index (κ1) is 27.6. The van der Waals surface area contributed by atoms with E-state index in [4.69, 9.17) is 9.47 Å². The zero-order valence-electron chi connectivity index (χ0n) is 20.7. The number of carbonyl (C=O) groups excluding carboxylic acids is 3. The van der Waals surface area contributed by atoms with Gasteiger partial charge in [0.15, 0.2) is 11.5 Å². The molecule has 2 N–H and O–H groups in total. The monoisotopic (exact) mass is 689 g/mol. The number of methoxy groups -OCH3 is 1. The van der Waals surface area contributed by atoms with E-state index in [0.29, 0.717) is 29.4 Å². The highest BCUT2D eigenvalue weighted by Gasteiger charge is 2.35. The highest BCUT2D eigenvalue weighted by molar-refractivity contribution is 14.1. The lowest BCUT2D eigenvalue weighted by molar-refractivity contribution is -0.127. The molecule has 8 nitrogen and oxygen atoms in total. The molecule has 196 valence electrons. The van der Waals surface area contributed by atoms with Gasteiger partial charge in [0, 0.05) is 10.2 Å². The van der Waals surface area contributed by atoms with Gasteiger partial charge in [0.1, 0.15) is 18.8 Å². The highest BCUT2D eigenvalue weighted by atomic mass is 127. The number of ether oxygens (including phenoxy) is 2. The maximum atomic E-state index is 13.0. The minimum atomic E-state index is -0.656. The third kappa shape index (κ3) is 6.54. The number of benzene rings is 3. The highest BCUT2D eigenvalue weighted by Crippen LogP contribution is 2.35. The van der Waals surface area contributed by atoms with Gasteiger partial charge >= 0.3 is 6.03 Å². The first-order valence-electron chi connectivity index (χ1n) is 11.8. The first-order valence-corrected chi connectivity index (χ1v) is 13.6. The predicted molar refractivity (Wildman–Crippen MR) is 157 cm³/mol. The molecule has 3 aromatic carbocycles. The molecule has 10 heteroatoms. The summed E-state index contributed by atoms with van der Waals surface area (Å²) < 4.78 is 13.3. The second-order valence-corrected chi connectivity index (χ2v) is 10.5. The molecule has 0 aliphatic carbocycles. The van der Waals surface area contributed by atoms with Crippen LogP contribution in [0.1, 0.15) is 23.6 Å². The minimum Gasteiger partial charge on any atom is -0.493 e. The molecule has 4 amide bonds. The second kappa shape index (κ2) is 12.4. The molecular weight excluding hydrogens is 665 g/mol. The number of halogens is 2. The third-order valence-electron chi connectivity index (χ3n) is 5.80. The van der Waals surface area contributed by atoms with E-state index in [9.17, 15) is 14.4 Å². The fraction of sp³-hybridized carbons (Fsp3) is 0.179. The van der Waals surface area contributed by atoms with Crippen molar-refractivity contribution in [1.82, 2.24) is 10.2 Å². The molecule has 1 aliphatic rings. The zero-order chi connectivity index (χ0) is 27.2. The molecule has 4 rings (SSSR count). The average molecular weight is 690 g/mol. The van der Waals surface area contributed by atoms with Gasteiger partial charge in [-0.25, -0.2) is 9.69 Å². The molecule has 0 unspecified atom stereocenters. The summed E-state index contributed by atoms with van der Waals surface area (Å²) in [6.07, 6.45) is 2.29. The molecule has 1 fully saturated rings. The van der Waals surface area contributed by atoms with Crippen LogP contribution in [-0.2, 0) is 22.6 Å². The topological polar surface area (TPSA) is 97.0 Å². The van der Waals surface area contributed by atoms with Crippen LogP contribution < -0.4 is 20.1 Å². The molecule has 0 aromatic heterocycles. The summed E-state index contributed by atoms with van der Waals surface area (Å²) in [5.41, 5.74) is 3.32. The van der Waals surface area contributed by atoms with E-state index in [-0.39, 0.29) is 5.70 Å². The molecule has 38 heavy (non-hydrogen) atoms. The van der Waals surface area contributed by atoms with Crippen molar-refractivity contribution < 1.29 is 23.9 Å². The number of para-hydroxylation sites is 1. The standard InChI is InChI=1S/C28H25BrIN3O5/c1-3-19-6-4-5-7-22(19)31-25(34)15-33-27(35)23(32-28(33)36)13-18-12-21(30)26(24(14-18)37-2)38-16-17-8-10-20(29)11-9-17/h4-14H,3,15-16H2,1-2H3,(H,31,34)(H,32,36)/b23-13+. The Kier molecular flexibility index (Phi) is 9.05. The van der Waals surface area contributed by atoms with Crippen molar-refractivity contribution in [3.63, 3.8) is 0 Å². The van der Waals surface area contributed by atoms with E-state index in [1.165, 1.54) is 7.11 Å². The molecule has 1 heterocycles. The fourth-order valence-corrected chi connectivity index (χ4v) is 4.91. The van der Waals surface area contributed by atoms with E-state index >= 15 is 0 Å². The summed E-state index contributed by atoms with van der Waals surface area (Å²) in [6.45, 7) is 1.94. The van der Waals surface area contributed by atoms with E-state index in [2.05, 4.69) is 49.2 Å². The van der Waals surface area contributed by atoms with Crippen LogP contribution in [0.25, 0.3) is 6.08 Å². The van der Waals surface area contributed by atoms with E-state index in [0.717, 1.165) is 30.5 Å². The smallest absolute Gasteiger partial charge is 0.329 e. The number of urea groups is 1. The van der Waals surface area contributed by atoms with Crippen molar-refractivity contribution in [3.8, 4) is 11.5 Å². The number of hydrogen-bond donors (Lipinski definition) is 2. The molecule has 0 spiro atoms. The summed E-state index contributed by atoms with van der Waals surface area (Å²) in [7, 11) is 1.54. The van der Waals surface area contributed by atoms with Gasteiger partial charge in [-0.1, -0.05) is 53.2 Å². The summed E-state index contributed by atoms with van der Waals surface area (Å²) in [5, 5.41) is 5.34.